The summed E-state index contributed by atoms with van der Waals surface area (Å²) >= 11 is 0. The van der Waals surface area contributed by atoms with Gasteiger partial charge in [0.1, 0.15) is 0 Å². The highest BCUT2D eigenvalue weighted by Gasteiger charge is 2.24. The van der Waals surface area contributed by atoms with E-state index < -0.39 is 0 Å². The van der Waals surface area contributed by atoms with E-state index in [9.17, 15) is 0 Å². The number of likely N-dealkylation sites (tertiary alicyclic amines) is 1. The summed E-state index contributed by atoms with van der Waals surface area (Å²) in [4.78, 5) is 2.69. The van der Waals surface area contributed by atoms with E-state index in [0.29, 0.717) is 6.10 Å². The van der Waals surface area contributed by atoms with Crippen molar-refractivity contribution in [2.75, 3.05) is 32.8 Å². The van der Waals surface area contributed by atoms with Crippen molar-refractivity contribution in [3.8, 4) is 0 Å². The molecule has 19 heavy (non-hydrogen) atoms. The van der Waals surface area contributed by atoms with E-state index in [4.69, 9.17) is 4.74 Å². The maximum atomic E-state index is 5.71. The number of hydrogen-bond acceptors (Lipinski definition) is 3. The molecule has 0 spiro atoms. The molecule has 110 valence electrons. The molecular weight excluding hydrogens is 236 g/mol. The Morgan fingerprint density at radius 3 is 2.84 bits per heavy atom. The van der Waals surface area contributed by atoms with Crippen molar-refractivity contribution in [3.63, 3.8) is 0 Å². The molecule has 3 heteroatoms. The van der Waals surface area contributed by atoms with Crippen LogP contribution in [0.15, 0.2) is 0 Å². The summed E-state index contributed by atoms with van der Waals surface area (Å²) in [5.41, 5.74) is 0. The van der Waals surface area contributed by atoms with Gasteiger partial charge in [0.2, 0.25) is 0 Å². The number of piperidine rings is 1. The Kier molecular flexibility index (Phi) is 5.14. The molecule has 0 amide bonds. The molecule has 0 aromatic carbocycles. The molecule has 0 aromatic rings. The van der Waals surface area contributed by atoms with Crippen LogP contribution in [0.1, 0.15) is 51.4 Å². The molecule has 2 heterocycles. The average Bonchev–Trinajstić information content (AvgIpc) is 3.13. The lowest BCUT2D eigenvalue weighted by Crippen LogP contribution is -2.40. The molecule has 2 saturated heterocycles. The minimum absolute atomic E-state index is 0.581. The van der Waals surface area contributed by atoms with Gasteiger partial charge in [-0.1, -0.05) is 0 Å². The normalized spacial score (nSPS) is 32.8. The predicted molar refractivity (Wildman–Crippen MR) is 78.4 cm³/mol. The highest BCUT2D eigenvalue weighted by molar-refractivity contribution is 4.83. The zero-order chi connectivity index (χ0) is 12.9. The molecule has 2 atom stereocenters. The van der Waals surface area contributed by atoms with E-state index in [2.05, 4.69) is 10.2 Å². The maximum absolute atomic E-state index is 5.71. The van der Waals surface area contributed by atoms with Gasteiger partial charge in [0.25, 0.3) is 0 Å². The van der Waals surface area contributed by atoms with E-state index >= 15 is 0 Å². The summed E-state index contributed by atoms with van der Waals surface area (Å²) < 4.78 is 5.71. The molecule has 1 N–H and O–H groups in total. The van der Waals surface area contributed by atoms with Crippen molar-refractivity contribution in [2.24, 2.45) is 5.92 Å². The van der Waals surface area contributed by atoms with Crippen molar-refractivity contribution in [1.29, 1.82) is 0 Å². The fourth-order valence-corrected chi connectivity index (χ4v) is 3.56. The Balaban J connectivity index is 1.28. The van der Waals surface area contributed by atoms with Crippen molar-refractivity contribution in [1.82, 2.24) is 10.2 Å². The molecule has 3 aliphatic rings. The Bertz CT molecular complexity index is 261. The third kappa shape index (κ3) is 4.73. The van der Waals surface area contributed by atoms with E-state index in [-0.39, 0.29) is 0 Å². The maximum Gasteiger partial charge on any atom is 0.0576 e. The van der Waals surface area contributed by atoms with Crippen LogP contribution in [0, 0.1) is 5.92 Å². The molecule has 3 nitrogen and oxygen atoms in total. The minimum Gasteiger partial charge on any atom is -0.378 e. The third-order valence-corrected chi connectivity index (χ3v) is 4.90. The van der Waals surface area contributed by atoms with Gasteiger partial charge in [0.15, 0.2) is 0 Å². The van der Waals surface area contributed by atoms with Crippen molar-refractivity contribution in [3.05, 3.63) is 0 Å². The first-order chi connectivity index (χ1) is 9.40. The summed E-state index contributed by atoms with van der Waals surface area (Å²) in [6.07, 6.45) is 11.4. The van der Waals surface area contributed by atoms with E-state index in [1.54, 1.807) is 0 Å². The van der Waals surface area contributed by atoms with Gasteiger partial charge in [-0.2, -0.15) is 0 Å². The molecule has 0 radical (unpaired) electrons. The van der Waals surface area contributed by atoms with E-state index in [1.807, 2.05) is 0 Å². The van der Waals surface area contributed by atoms with Crippen molar-refractivity contribution >= 4 is 0 Å². The van der Waals surface area contributed by atoms with E-state index in [0.717, 1.165) is 18.6 Å². The first-order valence-electron chi connectivity index (χ1n) is 8.47. The Labute approximate surface area is 118 Å². The minimum atomic E-state index is 0.581. The van der Waals surface area contributed by atoms with Crippen LogP contribution >= 0.6 is 0 Å². The quantitative estimate of drug-likeness (QED) is 0.766. The second-order valence-electron chi connectivity index (χ2n) is 6.77. The van der Waals surface area contributed by atoms with Crippen LogP contribution in [0.5, 0.6) is 0 Å². The second kappa shape index (κ2) is 7.05. The Hall–Kier alpha value is -0.120. The van der Waals surface area contributed by atoms with Gasteiger partial charge in [-0.05, 0) is 76.9 Å². The van der Waals surface area contributed by atoms with Gasteiger partial charge in [-0.3, -0.25) is 0 Å². The predicted octanol–water partition coefficient (Wildman–Crippen LogP) is 2.41. The van der Waals surface area contributed by atoms with Crippen LogP contribution < -0.4 is 5.32 Å². The van der Waals surface area contributed by atoms with Gasteiger partial charge < -0.3 is 15.0 Å². The van der Waals surface area contributed by atoms with Gasteiger partial charge in [0.05, 0.1) is 6.10 Å². The molecule has 0 bridgehead atoms. The van der Waals surface area contributed by atoms with Gasteiger partial charge in [-0.25, -0.2) is 0 Å². The van der Waals surface area contributed by atoms with Crippen LogP contribution in [0.3, 0.4) is 0 Å². The summed E-state index contributed by atoms with van der Waals surface area (Å²) in [6.45, 7) is 6.20. The lowest BCUT2D eigenvalue weighted by Gasteiger charge is -2.33. The fraction of sp³-hybridized carbons (Fsp3) is 1.00. The molecule has 0 aromatic heterocycles. The number of nitrogens with one attached hydrogen (secondary N) is 1. The standard InChI is InChI=1S/C16H30N2O/c1-4-14(12-17-15-7-8-15)13-18(9-1)10-2-5-16-6-3-11-19-16/h14-17H,1-13H2. The Morgan fingerprint density at radius 2 is 2.05 bits per heavy atom. The molecule has 3 rings (SSSR count). The average molecular weight is 266 g/mol. The molecule has 1 aliphatic carbocycles. The largest absolute Gasteiger partial charge is 0.378 e. The first kappa shape index (κ1) is 13.8. The Morgan fingerprint density at radius 1 is 1.11 bits per heavy atom. The number of ether oxygens (including phenoxy) is 1. The fourth-order valence-electron chi connectivity index (χ4n) is 3.56. The topological polar surface area (TPSA) is 24.5 Å². The first-order valence-corrected chi connectivity index (χ1v) is 8.47. The van der Waals surface area contributed by atoms with Gasteiger partial charge in [0, 0.05) is 19.2 Å². The lowest BCUT2D eigenvalue weighted by atomic mass is 9.97. The van der Waals surface area contributed by atoms with E-state index in [1.165, 1.54) is 77.5 Å². The van der Waals surface area contributed by atoms with Crippen molar-refractivity contribution in [2.45, 2.75) is 63.5 Å². The van der Waals surface area contributed by atoms with Crippen molar-refractivity contribution < 1.29 is 4.74 Å². The summed E-state index contributed by atoms with van der Waals surface area (Å²) in [5.74, 6) is 0.900. The zero-order valence-corrected chi connectivity index (χ0v) is 12.3. The molecule has 1 saturated carbocycles. The highest BCUT2D eigenvalue weighted by atomic mass is 16.5. The summed E-state index contributed by atoms with van der Waals surface area (Å²) in [6, 6.07) is 0.870. The molecule has 2 unspecified atom stereocenters. The monoisotopic (exact) mass is 266 g/mol. The number of nitrogens with zero attached hydrogens (tertiary/aromatic N) is 1. The highest BCUT2D eigenvalue weighted by Crippen LogP contribution is 2.22. The van der Waals surface area contributed by atoms with Crippen LogP contribution in [0.25, 0.3) is 0 Å². The van der Waals surface area contributed by atoms with Crippen LogP contribution in [0.2, 0.25) is 0 Å². The smallest absolute Gasteiger partial charge is 0.0576 e. The van der Waals surface area contributed by atoms with Crippen LogP contribution in [-0.2, 0) is 4.74 Å². The molecule has 3 fully saturated rings. The SMILES string of the molecule is C1COC(CCCN2CCCC(CNC3CC3)C2)C1. The summed E-state index contributed by atoms with van der Waals surface area (Å²) in [5, 5.41) is 3.70. The number of hydrogen-bond donors (Lipinski definition) is 1. The van der Waals surface area contributed by atoms with Crippen LogP contribution in [0.4, 0.5) is 0 Å². The zero-order valence-electron chi connectivity index (χ0n) is 12.3. The number of rotatable bonds is 7. The second-order valence-corrected chi connectivity index (χ2v) is 6.77. The van der Waals surface area contributed by atoms with Gasteiger partial charge in [-0.15, -0.1) is 0 Å². The lowest BCUT2D eigenvalue weighted by molar-refractivity contribution is 0.0951. The molecular formula is C16H30N2O. The molecule has 2 aliphatic heterocycles. The third-order valence-electron chi connectivity index (χ3n) is 4.90. The summed E-state index contributed by atoms with van der Waals surface area (Å²) in [7, 11) is 0. The van der Waals surface area contributed by atoms with Crippen LogP contribution in [-0.4, -0.2) is 49.8 Å². The van der Waals surface area contributed by atoms with Gasteiger partial charge >= 0.3 is 0 Å².